The number of amides is 1. The van der Waals surface area contributed by atoms with Gasteiger partial charge in [0, 0.05) is 23.8 Å². The van der Waals surface area contributed by atoms with Gasteiger partial charge in [0.15, 0.2) is 5.69 Å². The summed E-state index contributed by atoms with van der Waals surface area (Å²) in [6, 6.07) is 20.5. The fraction of sp³-hybridized carbons (Fsp3) is 0.150. The number of carbonyl (C=O) groups is 1. The molecular formula is C20H19ClN4O. The summed E-state index contributed by atoms with van der Waals surface area (Å²) in [6.45, 7) is 3.02. The first-order chi connectivity index (χ1) is 12.7. The van der Waals surface area contributed by atoms with Gasteiger partial charge in [-0.2, -0.15) is 0 Å². The molecule has 26 heavy (non-hydrogen) atoms. The van der Waals surface area contributed by atoms with Crippen LogP contribution in [0.1, 0.15) is 23.0 Å². The summed E-state index contributed by atoms with van der Waals surface area (Å²) in [5.74, 6) is 0.410. The number of nitrogens with zero attached hydrogens (tertiary/aromatic N) is 3. The Balaban J connectivity index is 1.68. The van der Waals surface area contributed by atoms with Crippen molar-refractivity contribution in [2.24, 2.45) is 0 Å². The lowest BCUT2D eigenvalue weighted by atomic mass is 10.2. The lowest BCUT2D eigenvalue weighted by Gasteiger charge is -2.20. The molecule has 5 nitrogen and oxygen atoms in total. The number of carbonyl (C=O) groups excluding carboxylic acids is 1. The van der Waals surface area contributed by atoms with Crippen LogP contribution in [-0.4, -0.2) is 22.6 Å². The smallest absolute Gasteiger partial charge is 0.278 e. The first-order valence-corrected chi connectivity index (χ1v) is 8.74. The molecule has 0 spiro atoms. The summed E-state index contributed by atoms with van der Waals surface area (Å²) < 4.78 is 0. The quantitative estimate of drug-likeness (QED) is 0.702. The van der Waals surface area contributed by atoms with Crippen LogP contribution in [0.2, 0.25) is 5.02 Å². The SMILES string of the molecule is CCN(C(=O)c1ccc(NCc2ccccc2Cl)nn1)c1ccccc1. The zero-order chi connectivity index (χ0) is 18.4. The van der Waals surface area contributed by atoms with E-state index in [1.165, 1.54) is 0 Å². The lowest BCUT2D eigenvalue weighted by molar-refractivity contribution is 0.0982. The van der Waals surface area contributed by atoms with Crippen molar-refractivity contribution >= 4 is 29.0 Å². The van der Waals surface area contributed by atoms with Crippen LogP contribution >= 0.6 is 11.6 Å². The minimum absolute atomic E-state index is 0.177. The highest BCUT2D eigenvalue weighted by Gasteiger charge is 2.17. The molecule has 0 fully saturated rings. The van der Waals surface area contributed by atoms with Gasteiger partial charge >= 0.3 is 0 Å². The number of para-hydroxylation sites is 1. The highest BCUT2D eigenvalue weighted by Crippen LogP contribution is 2.18. The Hall–Kier alpha value is -2.92. The Morgan fingerprint density at radius 2 is 1.73 bits per heavy atom. The van der Waals surface area contributed by atoms with Gasteiger partial charge in [0.1, 0.15) is 5.82 Å². The maximum atomic E-state index is 12.7. The van der Waals surface area contributed by atoms with E-state index in [9.17, 15) is 4.79 Å². The minimum Gasteiger partial charge on any atom is -0.364 e. The van der Waals surface area contributed by atoms with E-state index in [-0.39, 0.29) is 5.91 Å². The number of benzene rings is 2. The van der Waals surface area contributed by atoms with Gasteiger partial charge < -0.3 is 10.2 Å². The van der Waals surface area contributed by atoms with Gasteiger partial charge in [-0.3, -0.25) is 4.79 Å². The van der Waals surface area contributed by atoms with E-state index < -0.39 is 0 Å². The monoisotopic (exact) mass is 366 g/mol. The van der Waals surface area contributed by atoms with Crippen LogP contribution in [0.4, 0.5) is 11.5 Å². The van der Waals surface area contributed by atoms with E-state index in [0.29, 0.717) is 29.6 Å². The maximum absolute atomic E-state index is 12.7. The number of aromatic nitrogens is 2. The predicted octanol–water partition coefficient (Wildman–Crippen LogP) is 4.41. The standard InChI is InChI=1S/C20H19ClN4O/c1-2-25(16-9-4-3-5-10-16)20(26)18-12-13-19(24-23-18)22-14-15-8-6-7-11-17(15)21/h3-13H,2,14H2,1H3,(H,22,24). The van der Waals surface area contributed by atoms with E-state index >= 15 is 0 Å². The zero-order valence-electron chi connectivity index (χ0n) is 14.4. The Labute approximate surface area is 157 Å². The molecule has 0 radical (unpaired) electrons. The largest absolute Gasteiger partial charge is 0.364 e. The highest BCUT2D eigenvalue weighted by molar-refractivity contribution is 6.31. The molecule has 1 aromatic heterocycles. The summed E-state index contributed by atoms with van der Waals surface area (Å²) in [7, 11) is 0. The highest BCUT2D eigenvalue weighted by atomic mass is 35.5. The van der Waals surface area contributed by atoms with Crippen molar-refractivity contribution < 1.29 is 4.79 Å². The molecule has 0 aliphatic heterocycles. The van der Waals surface area contributed by atoms with Crippen molar-refractivity contribution in [3.8, 4) is 0 Å². The first-order valence-electron chi connectivity index (χ1n) is 8.37. The molecule has 1 amide bonds. The molecular weight excluding hydrogens is 348 g/mol. The summed E-state index contributed by atoms with van der Waals surface area (Å²) in [6.07, 6.45) is 0. The normalized spacial score (nSPS) is 10.4. The summed E-state index contributed by atoms with van der Waals surface area (Å²) in [5, 5.41) is 12.0. The van der Waals surface area contributed by atoms with Crippen LogP contribution in [-0.2, 0) is 6.54 Å². The molecule has 3 rings (SSSR count). The third-order valence-electron chi connectivity index (χ3n) is 3.93. The van der Waals surface area contributed by atoms with Crippen LogP contribution in [0.5, 0.6) is 0 Å². The van der Waals surface area contributed by atoms with E-state index in [4.69, 9.17) is 11.6 Å². The second kappa shape index (κ2) is 8.45. The number of hydrogen-bond donors (Lipinski definition) is 1. The molecule has 0 bridgehead atoms. The molecule has 0 aliphatic carbocycles. The van der Waals surface area contributed by atoms with Crippen LogP contribution in [0.3, 0.4) is 0 Å². The van der Waals surface area contributed by atoms with E-state index in [2.05, 4.69) is 15.5 Å². The molecule has 6 heteroatoms. The summed E-state index contributed by atoms with van der Waals surface area (Å²) in [5.41, 5.74) is 2.11. The van der Waals surface area contributed by atoms with Gasteiger partial charge in [-0.15, -0.1) is 10.2 Å². The summed E-state index contributed by atoms with van der Waals surface area (Å²) >= 11 is 6.14. The Morgan fingerprint density at radius 3 is 2.38 bits per heavy atom. The zero-order valence-corrected chi connectivity index (χ0v) is 15.1. The van der Waals surface area contributed by atoms with Gasteiger partial charge in [-0.25, -0.2) is 0 Å². The first kappa shape index (κ1) is 17.9. The van der Waals surface area contributed by atoms with Gasteiger partial charge in [0.2, 0.25) is 0 Å². The van der Waals surface area contributed by atoms with Crippen LogP contribution < -0.4 is 10.2 Å². The van der Waals surface area contributed by atoms with Gasteiger partial charge in [0.25, 0.3) is 5.91 Å². The number of halogens is 1. The third kappa shape index (κ3) is 4.18. The topological polar surface area (TPSA) is 58.1 Å². The molecule has 0 unspecified atom stereocenters. The van der Waals surface area contributed by atoms with Crippen molar-refractivity contribution in [1.29, 1.82) is 0 Å². The van der Waals surface area contributed by atoms with Crippen LogP contribution in [0.15, 0.2) is 66.7 Å². The number of nitrogens with one attached hydrogen (secondary N) is 1. The van der Waals surface area contributed by atoms with Crippen LogP contribution in [0.25, 0.3) is 0 Å². The van der Waals surface area contributed by atoms with Crippen molar-refractivity contribution in [3.05, 3.63) is 83.0 Å². The van der Waals surface area contributed by atoms with Gasteiger partial charge in [0.05, 0.1) is 0 Å². The Morgan fingerprint density at radius 1 is 1.00 bits per heavy atom. The molecule has 0 aliphatic rings. The van der Waals surface area contributed by atoms with E-state index in [0.717, 1.165) is 11.3 Å². The number of hydrogen-bond acceptors (Lipinski definition) is 4. The lowest BCUT2D eigenvalue weighted by Crippen LogP contribution is -2.31. The maximum Gasteiger partial charge on any atom is 0.278 e. The molecule has 0 atom stereocenters. The molecule has 1 heterocycles. The average molecular weight is 367 g/mol. The molecule has 0 saturated carbocycles. The van der Waals surface area contributed by atoms with Crippen LogP contribution in [0, 0.1) is 0 Å². The van der Waals surface area contributed by atoms with Crippen molar-refractivity contribution in [2.75, 3.05) is 16.8 Å². The second-order valence-electron chi connectivity index (χ2n) is 5.63. The summed E-state index contributed by atoms with van der Waals surface area (Å²) in [4.78, 5) is 14.4. The van der Waals surface area contributed by atoms with E-state index in [1.807, 2.05) is 61.5 Å². The molecule has 3 aromatic rings. The molecule has 132 valence electrons. The molecule has 0 saturated heterocycles. The Bertz CT molecular complexity index is 868. The van der Waals surface area contributed by atoms with Gasteiger partial charge in [-0.05, 0) is 42.8 Å². The fourth-order valence-corrected chi connectivity index (χ4v) is 2.76. The predicted molar refractivity (Wildman–Crippen MR) is 105 cm³/mol. The van der Waals surface area contributed by atoms with Crippen molar-refractivity contribution in [3.63, 3.8) is 0 Å². The molecule has 1 N–H and O–H groups in total. The second-order valence-corrected chi connectivity index (χ2v) is 6.04. The van der Waals surface area contributed by atoms with Crippen molar-refractivity contribution in [2.45, 2.75) is 13.5 Å². The average Bonchev–Trinajstić information content (AvgIpc) is 2.69. The molecule has 2 aromatic carbocycles. The Kier molecular flexibility index (Phi) is 5.81. The number of rotatable bonds is 6. The third-order valence-corrected chi connectivity index (χ3v) is 4.30. The van der Waals surface area contributed by atoms with Crippen molar-refractivity contribution in [1.82, 2.24) is 10.2 Å². The van der Waals surface area contributed by atoms with Gasteiger partial charge in [-0.1, -0.05) is 48.0 Å². The fourth-order valence-electron chi connectivity index (χ4n) is 2.56. The minimum atomic E-state index is -0.177. The van der Waals surface area contributed by atoms with E-state index in [1.54, 1.807) is 17.0 Å². The number of anilines is 2.